The van der Waals surface area contributed by atoms with Crippen molar-refractivity contribution >= 4 is 29.2 Å². The molecule has 0 aromatic carbocycles. The highest BCUT2D eigenvalue weighted by atomic mass is 32.2. The number of aryl methyl sites for hydroxylation is 1. The second-order valence-corrected chi connectivity index (χ2v) is 9.06. The van der Waals surface area contributed by atoms with Crippen LogP contribution in [0.15, 0.2) is 27.4 Å². The lowest BCUT2D eigenvalue weighted by Crippen LogP contribution is -2.43. The summed E-state index contributed by atoms with van der Waals surface area (Å²) in [5.41, 5.74) is 4.97. The predicted octanol–water partition coefficient (Wildman–Crippen LogP) is 1.64. The zero-order chi connectivity index (χ0) is 23.3. The quantitative estimate of drug-likeness (QED) is 0.416. The fourth-order valence-corrected chi connectivity index (χ4v) is 3.95. The van der Waals surface area contributed by atoms with Crippen molar-refractivity contribution in [1.29, 1.82) is 0 Å². The van der Waals surface area contributed by atoms with Crippen molar-refractivity contribution in [3.8, 4) is 0 Å². The molecule has 0 spiro atoms. The van der Waals surface area contributed by atoms with Crippen molar-refractivity contribution in [2.75, 3.05) is 22.9 Å². The van der Waals surface area contributed by atoms with Crippen LogP contribution in [0.25, 0.3) is 0 Å². The van der Waals surface area contributed by atoms with E-state index in [1.165, 1.54) is 21.2 Å². The molecule has 0 unspecified atom stereocenters. The zero-order valence-corrected chi connectivity index (χ0v) is 19.5. The third-order valence-electron chi connectivity index (χ3n) is 4.42. The molecule has 11 heteroatoms. The van der Waals surface area contributed by atoms with Gasteiger partial charge in [0.05, 0.1) is 5.75 Å². The molecule has 0 aliphatic carbocycles. The van der Waals surface area contributed by atoms with Crippen molar-refractivity contribution in [2.24, 2.45) is 11.8 Å². The summed E-state index contributed by atoms with van der Waals surface area (Å²) in [6, 6.07) is 0. The fourth-order valence-electron chi connectivity index (χ4n) is 3.08. The molecule has 0 aliphatic rings. The Morgan fingerprint density at radius 3 is 2.48 bits per heavy atom. The molecule has 3 N–H and O–H groups in total. The summed E-state index contributed by atoms with van der Waals surface area (Å²) >= 11 is 1.22. The second kappa shape index (κ2) is 10.5. The average molecular weight is 450 g/mol. The van der Waals surface area contributed by atoms with Gasteiger partial charge in [-0.1, -0.05) is 45.5 Å². The number of nitrogens with zero attached hydrogens (tertiary/aromatic N) is 5. The van der Waals surface area contributed by atoms with E-state index in [9.17, 15) is 14.4 Å². The van der Waals surface area contributed by atoms with Crippen LogP contribution in [0.4, 0.5) is 11.5 Å². The molecular weight excluding hydrogens is 418 g/mol. The Kier molecular flexibility index (Phi) is 8.26. The van der Waals surface area contributed by atoms with E-state index in [-0.39, 0.29) is 41.5 Å². The number of H-pyrrole nitrogens is 1. The molecule has 10 nitrogen and oxygen atoms in total. The topological polar surface area (TPSA) is 132 Å². The van der Waals surface area contributed by atoms with Crippen LogP contribution in [-0.2, 0) is 17.9 Å². The summed E-state index contributed by atoms with van der Waals surface area (Å²) in [7, 11) is 0. The third kappa shape index (κ3) is 5.87. The van der Waals surface area contributed by atoms with E-state index < -0.39 is 11.2 Å². The highest BCUT2D eigenvalue weighted by Gasteiger charge is 2.26. The molecule has 0 saturated carbocycles. The third-order valence-corrected chi connectivity index (χ3v) is 5.37. The van der Waals surface area contributed by atoms with E-state index in [1.807, 2.05) is 39.2 Å². The highest BCUT2D eigenvalue weighted by Crippen LogP contribution is 2.23. The molecular formula is C20H31N7O3S. The standard InChI is InChI=1S/C20H31N7O3S/c1-7-8-25-14(6)23-24-20(25)31-11-15(28)26(9-12(2)3)16-17(21)27(10-13(4)5)19(30)22-18(16)29/h7,12-13H,1,8-11,21H2,2-6H3,(H,22,29,30). The van der Waals surface area contributed by atoms with Crippen LogP contribution in [0.1, 0.15) is 33.5 Å². The number of hydrogen-bond acceptors (Lipinski definition) is 7. The Morgan fingerprint density at radius 2 is 1.90 bits per heavy atom. The van der Waals surface area contributed by atoms with Gasteiger partial charge in [-0.05, 0) is 18.8 Å². The van der Waals surface area contributed by atoms with E-state index >= 15 is 0 Å². The molecule has 0 radical (unpaired) electrons. The Balaban J connectivity index is 2.40. The minimum Gasteiger partial charge on any atom is -0.383 e. The maximum atomic E-state index is 13.2. The van der Waals surface area contributed by atoms with Crippen LogP contribution in [0.2, 0.25) is 0 Å². The summed E-state index contributed by atoms with van der Waals surface area (Å²) < 4.78 is 3.15. The number of nitrogens with one attached hydrogen (secondary N) is 1. The molecule has 0 aliphatic heterocycles. The van der Waals surface area contributed by atoms with Crippen LogP contribution in [-0.4, -0.2) is 42.5 Å². The van der Waals surface area contributed by atoms with E-state index in [0.717, 1.165) is 5.82 Å². The van der Waals surface area contributed by atoms with Crippen molar-refractivity contribution in [3.63, 3.8) is 0 Å². The number of hydrogen-bond donors (Lipinski definition) is 2. The van der Waals surface area contributed by atoms with Gasteiger partial charge >= 0.3 is 5.69 Å². The molecule has 2 heterocycles. The molecule has 2 aromatic heterocycles. The molecule has 31 heavy (non-hydrogen) atoms. The lowest BCUT2D eigenvalue weighted by Gasteiger charge is -2.26. The number of nitrogen functional groups attached to an aromatic ring is 1. The van der Waals surface area contributed by atoms with Gasteiger partial charge in [-0.25, -0.2) is 4.79 Å². The number of aromatic nitrogens is 5. The first-order valence-corrected chi connectivity index (χ1v) is 11.1. The zero-order valence-electron chi connectivity index (χ0n) is 18.7. The predicted molar refractivity (Wildman–Crippen MR) is 123 cm³/mol. The number of nitrogens with two attached hydrogens (primary N) is 1. The van der Waals surface area contributed by atoms with Gasteiger partial charge in [0.2, 0.25) is 5.91 Å². The van der Waals surface area contributed by atoms with E-state index in [0.29, 0.717) is 18.2 Å². The van der Waals surface area contributed by atoms with Gasteiger partial charge in [-0.15, -0.1) is 16.8 Å². The fraction of sp³-hybridized carbons (Fsp3) is 0.550. The van der Waals surface area contributed by atoms with Crippen molar-refractivity contribution in [3.05, 3.63) is 39.3 Å². The largest absolute Gasteiger partial charge is 0.383 e. The van der Waals surface area contributed by atoms with Crippen molar-refractivity contribution in [1.82, 2.24) is 24.3 Å². The summed E-state index contributed by atoms with van der Waals surface area (Å²) in [6.45, 7) is 14.4. The van der Waals surface area contributed by atoms with Gasteiger partial charge in [0.25, 0.3) is 5.56 Å². The first kappa shape index (κ1) is 24.4. The molecule has 2 aromatic rings. The maximum absolute atomic E-state index is 13.2. The number of amides is 1. The van der Waals surface area contributed by atoms with Gasteiger partial charge in [0.1, 0.15) is 11.6 Å². The first-order chi connectivity index (χ1) is 14.6. The van der Waals surface area contributed by atoms with Gasteiger partial charge < -0.3 is 15.2 Å². The minimum absolute atomic E-state index is 0.00305. The van der Waals surface area contributed by atoms with Crippen molar-refractivity contribution < 1.29 is 4.79 Å². The number of thioether (sulfide) groups is 1. The molecule has 1 amide bonds. The monoisotopic (exact) mass is 449 g/mol. The Labute approximate surface area is 185 Å². The summed E-state index contributed by atoms with van der Waals surface area (Å²) in [4.78, 5) is 41.8. The van der Waals surface area contributed by atoms with E-state index in [4.69, 9.17) is 5.73 Å². The van der Waals surface area contributed by atoms with Crippen LogP contribution in [0.3, 0.4) is 0 Å². The van der Waals surface area contributed by atoms with Gasteiger partial charge in [-0.3, -0.25) is 19.1 Å². The Hall–Kier alpha value is -2.82. The number of rotatable bonds is 10. The lowest BCUT2D eigenvalue weighted by molar-refractivity contribution is -0.116. The number of carbonyl (C=O) groups is 1. The SMILES string of the molecule is C=CCn1c(C)nnc1SCC(=O)N(CC(C)C)c1c(N)n(CC(C)C)c(=O)[nH]c1=O. The normalized spacial score (nSPS) is 11.3. The maximum Gasteiger partial charge on any atom is 0.330 e. The number of carbonyl (C=O) groups excluding carboxylic acids is 1. The number of aromatic amines is 1. The van der Waals surface area contributed by atoms with Gasteiger partial charge in [0, 0.05) is 19.6 Å². The van der Waals surface area contributed by atoms with Crippen LogP contribution < -0.4 is 21.9 Å². The van der Waals surface area contributed by atoms with E-state index in [2.05, 4.69) is 21.8 Å². The molecule has 2 rings (SSSR count). The molecule has 170 valence electrons. The summed E-state index contributed by atoms with van der Waals surface area (Å²) in [5.74, 6) is 0.635. The van der Waals surface area contributed by atoms with Crippen LogP contribution in [0.5, 0.6) is 0 Å². The second-order valence-electron chi connectivity index (χ2n) is 8.11. The number of anilines is 2. The number of allylic oxidation sites excluding steroid dienone is 1. The van der Waals surface area contributed by atoms with Crippen molar-refractivity contribution in [2.45, 2.75) is 52.9 Å². The van der Waals surface area contributed by atoms with Crippen LogP contribution in [0, 0.1) is 18.8 Å². The smallest absolute Gasteiger partial charge is 0.330 e. The van der Waals surface area contributed by atoms with Gasteiger partial charge in [0.15, 0.2) is 10.8 Å². The Morgan fingerprint density at radius 1 is 1.23 bits per heavy atom. The summed E-state index contributed by atoms with van der Waals surface area (Å²) in [5, 5.41) is 8.75. The Bertz CT molecular complexity index is 1050. The molecule has 0 saturated heterocycles. The van der Waals surface area contributed by atoms with E-state index in [1.54, 1.807) is 6.08 Å². The lowest BCUT2D eigenvalue weighted by atomic mass is 10.2. The molecule has 0 bridgehead atoms. The van der Waals surface area contributed by atoms with Crippen LogP contribution >= 0.6 is 11.8 Å². The van der Waals surface area contributed by atoms with Gasteiger partial charge in [-0.2, -0.15) is 0 Å². The first-order valence-electron chi connectivity index (χ1n) is 10.1. The highest BCUT2D eigenvalue weighted by molar-refractivity contribution is 7.99. The summed E-state index contributed by atoms with van der Waals surface area (Å²) in [6.07, 6.45) is 1.73. The average Bonchev–Trinajstić information content (AvgIpc) is 3.02. The molecule has 0 atom stereocenters. The molecule has 0 fully saturated rings. The minimum atomic E-state index is -0.674.